The van der Waals surface area contributed by atoms with Crippen LogP contribution < -0.4 is 0 Å². The molecule has 20 heavy (non-hydrogen) atoms. The molecular weight excluding hydrogens is 240 g/mol. The topological polar surface area (TPSA) is 0 Å². The Morgan fingerprint density at radius 3 is 2.05 bits per heavy atom. The lowest BCUT2D eigenvalue weighted by Crippen LogP contribution is -2.19. The summed E-state index contributed by atoms with van der Waals surface area (Å²) in [6.45, 7) is 16.8. The van der Waals surface area contributed by atoms with Crippen molar-refractivity contribution >= 4 is 0 Å². The van der Waals surface area contributed by atoms with Crippen molar-refractivity contribution in [2.45, 2.75) is 106 Å². The quantitative estimate of drug-likeness (QED) is 0.348. The molecule has 0 bridgehead atoms. The fourth-order valence-corrected chi connectivity index (χ4v) is 3.83. The minimum Gasteiger partial charge on any atom is -0.0654 e. The van der Waals surface area contributed by atoms with Crippen molar-refractivity contribution in [3.63, 3.8) is 0 Å². The highest BCUT2D eigenvalue weighted by atomic mass is 14.3. The largest absolute Gasteiger partial charge is 0.0654 e. The van der Waals surface area contributed by atoms with Gasteiger partial charge in [0.1, 0.15) is 0 Å². The van der Waals surface area contributed by atoms with E-state index in [1.807, 2.05) is 0 Å². The second-order valence-electron chi connectivity index (χ2n) is 8.06. The highest BCUT2D eigenvalue weighted by Crippen LogP contribution is 2.37. The third kappa shape index (κ3) is 9.03. The normalized spacial score (nSPS) is 18.0. The van der Waals surface area contributed by atoms with Crippen LogP contribution in [0.4, 0.5) is 0 Å². The summed E-state index contributed by atoms with van der Waals surface area (Å²) in [7, 11) is 0. The Hall–Kier alpha value is 0. The van der Waals surface area contributed by atoms with Gasteiger partial charge >= 0.3 is 0 Å². The molecule has 0 aromatic rings. The van der Waals surface area contributed by atoms with E-state index in [2.05, 4.69) is 48.5 Å². The SMILES string of the molecule is CCCC(C)CC(C)(CC)CCCC(CC)CC(C)C. The van der Waals surface area contributed by atoms with Gasteiger partial charge in [-0.05, 0) is 42.4 Å². The van der Waals surface area contributed by atoms with E-state index in [0.29, 0.717) is 5.41 Å². The standard InChI is InChI=1S/C20H42/c1-8-12-18(6)16-20(7,10-3)14-11-13-19(9-2)15-17(4)5/h17-19H,8-16H2,1-7H3. The van der Waals surface area contributed by atoms with Crippen LogP contribution in [0.25, 0.3) is 0 Å². The van der Waals surface area contributed by atoms with Crippen LogP contribution in [-0.4, -0.2) is 0 Å². The molecule has 122 valence electrons. The zero-order valence-corrected chi connectivity index (χ0v) is 15.6. The molecule has 0 N–H and O–H groups in total. The van der Waals surface area contributed by atoms with E-state index in [1.54, 1.807) is 0 Å². The van der Waals surface area contributed by atoms with Gasteiger partial charge < -0.3 is 0 Å². The highest BCUT2D eigenvalue weighted by molar-refractivity contribution is 4.76. The fourth-order valence-electron chi connectivity index (χ4n) is 3.83. The second-order valence-corrected chi connectivity index (χ2v) is 8.06. The molecule has 0 aromatic heterocycles. The van der Waals surface area contributed by atoms with E-state index in [4.69, 9.17) is 0 Å². The zero-order chi connectivity index (χ0) is 15.6. The van der Waals surface area contributed by atoms with Gasteiger partial charge in [-0.3, -0.25) is 0 Å². The fraction of sp³-hybridized carbons (Fsp3) is 1.00. The molecular formula is C20H42. The van der Waals surface area contributed by atoms with Crippen molar-refractivity contribution in [2.24, 2.45) is 23.2 Å². The van der Waals surface area contributed by atoms with E-state index in [0.717, 1.165) is 17.8 Å². The van der Waals surface area contributed by atoms with E-state index < -0.39 is 0 Å². The van der Waals surface area contributed by atoms with Crippen LogP contribution in [0.2, 0.25) is 0 Å². The van der Waals surface area contributed by atoms with Crippen LogP contribution in [0, 0.1) is 23.2 Å². The minimum absolute atomic E-state index is 0.588. The molecule has 0 amide bonds. The molecule has 0 aromatic carbocycles. The van der Waals surface area contributed by atoms with Gasteiger partial charge in [0.25, 0.3) is 0 Å². The van der Waals surface area contributed by atoms with Crippen LogP contribution in [0.15, 0.2) is 0 Å². The van der Waals surface area contributed by atoms with E-state index in [9.17, 15) is 0 Å². The lowest BCUT2D eigenvalue weighted by molar-refractivity contribution is 0.199. The first-order valence-electron chi connectivity index (χ1n) is 9.36. The molecule has 0 saturated heterocycles. The maximum atomic E-state index is 2.53. The third-order valence-corrected chi connectivity index (χ3v) is 5.25. The summed E-state index contributed by atoms with van der Waals surface area (Å²) in [5.41, 5.74) is 0.588. The average molecular weight is 283 g/mol. The van der Waals surface area contributed by atoms with E-state index >= 15 is 0 Å². The second kappa shape index (κ2) is 10.7. The van der Waals surface area contributed by atoms with Crippen molar-refractivity contribution in [2.75, 3.05) is 0 Å². The molecule has 3 atom stereocenters. The zero-order valence-electron chi connectivity index (χ0n) is 15.6. The van der Waals surface area contributed by atoms with Gasteiger partial charge in [-0.15, -0.1) is 0 Å². The summed E-state index contributed by atoms with van der Waals surface area (Å²) in [5, 5.41) is 0. The van der Waals surface area contributed by atoms with Crippen LogP contribution in [0.5, 0.6) is 0 Å². The molecule has 0 saturated carbocycles. The molecule has 0 aliphatic rings. The summed E-state index contributed by atoms with van der Waals surface area (Å²) >= 11 is 0. The molecule has 0 nitrogen and oxygen atoms in total. The maximum Gasteiger partial charge on any atom is -0.0326 e. The van der Waals surface area contributed by atoms with Gasteiger partial charge in [-0.1, -0.05) is 87.0 Å². The lowest BCUT2D eigenvalue weighted by Gasteiger charge is -2.32. The average Bonchev–Trinajstić information content (AvgIpc) is 2.37. The van der Waals surface area contributed by atoms with Gasteiger partial charge in [0, 0.05) is 0 Å². The Bertz CT molecular complexity index is 218. The molecule has 0 rings (SSSR count). The number of hydrogen-bond donors (Lipinski definition) is 0. The van der Waals surface area contributed by atoms with Crippen molar-refractivity contribution < 1.29 is 0 Å². The summed E-state index contributed by atoms with van der Waals surface area (Å²) in [6.07, 6.45) is 12.6. The molecule has 0 heteroatoms. The van der Waals surface area contributed by atoms with Crippen molar-refractivity contribution in [1.29, 1.82) is 0 Å². The Morgan fingerprint density at radius 2 is 1.60 bits per heavy atom. The Morgan fingerprint density at radius 1 is 0.950 bits per heavy atom. The van der Waals surface area contributed by atoms with Gasteiger partial charge in [0.15, 0.2) is 0 Å². The monoisotopic (exact) mass is 282 g/mol. The van der Waals surface area contributed by atoms with Gasteiger partial charge in [0.05, 0.1) is 0 Å². The molecule has 0 fully saturated rings. The first kappa shape index (κ1) is 20.0. The van der Waals surface area contributed by atoms with Gasteiger partial charge in [-0.25, -0.2) is 0 Å². The lowest BCUT2D eigenvalue weighted by atomic mass is 9.74. The van der Waals surface area contributed by atoms with Crippen LogP contribution in [0.3, 0.4) is 0 Å². The van der Waals surface area contributed by atoms with Crippen molar-refractivity contribution in [3.8, 4) is 0 Å². The summed E-state index contributed by atoms with van der Waals surface area (Å²) < 4.78 is 0. The maximum absolute atomic E-state index is 2.53. The summed E-state index contributed by atoms with van der Waals surface area (Å²) in [5.74, 6) is 2.73. The molecule has 0 heterocycles. The van der Waals surface area contributed by atoms with Gasteiger partial charge in [-0.2, -0.15) is 0 Å². The first-order valence-corrected chi connectivity index (χ1v) is 9.36. The Labute approximate surface area is 130 Å². The first-order chi connectivity index (χ1) is 9.36. The van der Waals surface area contributed by atoms with Crippen molar-refractivity contribution in [1.82, 2.24) is 0 Å². The molecule has 0 aliphatic heterocycles. The predicted molar refractivity (Wildman–Crippen MR) is 94.2 cm³/mol. The minimum atomic E-state index is 0.588. The van der Waals surface area contributed by atoms with Crippen LogP contribution in [-0.2, 0) is 0 Å². The third-order valence-electron chi connectivity index (χ3n) is 5.25. The number of hydrogen-bond acceptors (Lipinski definition) is 0. The number of rotatable bonds is 12. The van der Waals surface area contributed by atoms with Crippen LogP contribution >= 0.6 is 0 Å². The Balaban J connectivity index is 4.15. The highest BCUT2D eigenvalue weighted by Gasteiger charge is 2.24. The molecule has 0 radical (unpaired) electrons. The van der Waals surface area contributed by atoms with E-state index in [-0.39, 0.29) is 0 Å². The van der Waals surface area contributed by atoms with Crippen molar-refractivity contribution in [3.05, 3.63) is 0 Å². The predicted octanol–water partition coefficient (Wildman–Crippen LogP) is 7.47. The molecule has 3 unspecified atom stereocenters. The summed E-state index contributed by atoms with van der Waals surface area (Å²) in [6, 6.07) is 0. The van der Waals surface area contributed by atoms with E-state index in [1.165, 1.54) is 57.8 Å². The molecule has 0 aliphatic carbocycles. The summed E-state index contributed by atoms with van der Waals surface area (Å²) in [4.78, 5) is 0. The smallest absolute Gasteiger partial charge is 0.0326 e. The Kier molecular flexibility index (Phi) is 10.7. The van der Waals surface area contributed by atoms with Crippen LogP contribution in [0.1, 0.15) is 106 Å². The van der Waals surface area contributed by atoms with Gasteiger partial charge in [0.2, 0.25) is 0 Å². The molecule has 0 spiro atoms.